The second-order valence-corrected chi connectivity index (χ2v) is 4.58. The molecule has 1 saturated carbocycles. The van der Waals surface area contributed by atoms with Gasteiger partial charge in [0.25, 0.3) is 0 Å². The van der Waals surface area contributed by atoms with Gasteiger partial charge in [0.2, 0.25) is 0 Å². The highest BCUT2D eigenvalue weighted by Crippen LogP contribution is 2.45. The lowest BCUT2D eigenvalue weighted by molar-refractivity contribution is 0.329. The van der Waals surface area contributed by atoms with Gasteiger partial charge in [0, 0.05) is 6.04 Å². The molecule has 2 aliphatic carbocycles. The summed E-state index contributed by atoms with van der Waals surface area (Å²) in [5.41, 5.74) is 7.81. The minimum Gasteiger partial charge on any atom is -0.324 e. The van der Waals surface area contributed by atoms with Crippen molar-refractivity contribution in [3.05, 3.63) is 23.8 Å². The smallest absolute Gasteiger partial charge is 0.0259 e. The Morgan fingerprint density at radius 2 is 2.17 bits per heavy atom. The van der Waals surface area contributed by atoms with Gasteiger partial charge in [0.05, 0.1) is 0 Å². The van der Waals surface area contributed by atoms with Gasteiger partial charge in [-0.2, -0.15) is 0 Å². The minimum absolute atomic E-state index is 0.332. The van der Waals surface area contributed by atoms with Gasteiger partial charge < -0.3 is 5.73 Å². The first-order valence-electron chi connectivity index (χ1n) is 4.76. The number of hydrogen-bond donors (Lipinski definition) is 1. The molecule has 2 atom stereocenters. The van der Waals surface area contributed by atoms with Crippen molar-refractivity contribution in [1.82, 2.24) is 0 Å². The summed E-state index contributed by atoms with van der Waals surface area (Å²) in [6.45, 7) is 4.61. The average molecular weight is 163 g/mol. The van der Waals surface area contributed by atoms with Gasteiger partial charge in [0.15, 0.2) is 0 Å². The van der Waals surface area contributed by atoms with Gasteiger partial charge in [-0.3, -0.25) is 0 Å². The van der Waals surface area contributed by atoms with E-state index < -0.39 is 0 Å². The third-order valence-corrected chi connectivity index (χ3v) is 3.31. The SMILES string of the molecule is CC1(C)C=CC=C2C(N)CCC21. The standard InChI is InChI=1S/C11H17N/c1-11(2)7-3-4-8-9(11)5-6-10(8)12/h3-4,7,9-10H,5-6,12H2,1-2H3. The summed E-state index contributed by atoms with van der Waals surface area (Å²) < 4.78 is 0. The molecule has 12 heavy (non-hydrogen) atoms. The maximum atomic E-state index is 6.01. The molecule has 0 aromatic heterocycles. The van der Waals surface area contributed by atoms with E-state index in [1.165, 1.54) is 18.4 Å². The zero-order chi connectivity index (χ0) is 8.77. The Bertz CT molecular complexity index is 248. The number of rotatable bonds is 0. The highest BCUT2D eigenvalue weighted by molar-refractivity contribution is 5.32. The fourth-order valence-corrected chi connectivity index (χ4v) is 2.50. The van der Waals surface area contributed by atoms with Crippen molar-refractivity contribution < 1.29 is 0 Å². The van der Waals surface area contributed by atoms with Gasteiger partial charge in [-0.05, 0) is 29.7 Å². The molecule has 2 aliphatic rings. The Morgan fingerprint density at radius 1 is 1.42 bits per heavy atom. The predicted molar refractivity (Wildman–Crippen MR) is 51.7 cm³/mol. The van der Waals surface area contributed by atoms with Gasteiger partial charge in [-0.15, -0.1) is 0 Å². The van der Waals surface area contributed by atoms with E-state index in [4.69, 9.17) is 5.73 Å². The van der Waals surface area contributed by atoms with Crippen LogP contribution in [0.15, 0.2) is 23.8 Å². The highest BCUT2D eigenvalue weighted by atomic mass is 14.7. The quantitative estimate of drug-likeness (QED) is 0.582. The van der Waals surface area contributed by atoms with Gasteiger partial charge in [-0.25, -0.2) is 0 Å². The van der Waals surface area contributed by atoms with Crippen LogP contribution in [0.4, 0.5) is 0 Å². The lowest BCUT2D eigenvalue weighted by Gasteiger charge is -2.32. The van der Waals surface area contributed by atoms with Crippen molar-refractivity contribution in [2.24, 2.45) is 17.1 Å². The molecule has 0 spiro atoms. The summed E-state index contributed by atoms with van der Waals surface area (Å²) in [5, 5.41) is 0. The summed E-state index contributed by atoms with van der Waals surface area (Å²) in [5.74, 6) is 0.706. The predicted octanol–water partition coefficient (Wildman–Crippen LogP) is 2.25. The number of allylic oxidation sites excluding steroid dienone is 3. The maximum absolute atomic E-state index is 6.01. The molecular weight excluding hydrogens is 146 g/mol. The van der Waals surface area contributed by atoms with Crippen LogP contribution in [-0.4, -0.2) is 6.04 Å². The number of fused-ring (bicyclic) bond motifs is 1. The number of hydrogen-bond acceptors (Lipinski definition) is 1. The lowest BCUT2D eigenvalue weighted by atomic mass is 9.73. The molecule has 1 heteroatoms. The van der Waals surface area contributed by atoms with Crippen LogP contribution in [-0.2, 0) is 0 Å². The van der Waals surface area contributed by atoms with Crippen LogP contribution in [0.3, 0.4) is 0 Å². The van der Waals surface area contributed by atoms with Crippen molar-refractivity contribution in [2.45, 2.75) is 32.7 Å². The molecule has 0 saturated heterocycles. The monoisotopic (exact) mass is 163 g/mol. The second-order valence-electron chi connectivity index (χ2n) is 4.58. The van der Waals surface area contributed by atoms with Crippen LogP contribution in [0.1, 0.15) is 26.7 Å². The molecule has 0 radical (unpaired) electrons. The van der Waals surface area contributed by atoms with Crippen LogP contribution in [0.25, 0.3) is 0 Å². The van der Waals surface area contributed by atoms with Crippen LogP contribution >= 0.6 is 0 Å². The van der Waals surface area contributed by atoms with Gasteiger partial charge in [-0.1, -0.05) is 32.1 Å². The molecule has 2 N–H and O–H groups in total. The fraction of sp³-hybridized carbons (Fsp3) is 0.636. The molecular formula is C11H17N. The van der Waals surface area contributed by atoms with E-state index >= 15 is 0 Å². The molecule has 2 unspecified atom stereocenters. The van der Waals surface area contributed by atoms with E-state index in [2.05, 4.69) is 32.1 Å². The first-order chi connectivity index (χ1) is 5.61. The topological polar surface area (TPSA) is 26.0 Å². The minimum atomic E-state index is 0.332. The molecule has 1 nitrogen and oxygen atoms in total. The molecule has 0 aromatic rings. The summed E-state index contributed by atoms with van der Waals surface area (Å²) in [4.78, 5) is 0. The largest absolute Gasteiger partial charge is 0.324 e. The third-order valence-electron chi connectivity index (χ3n) is 3.31. The molecule has 0 aliphatic heterocycles. The van der Waals surface area contributed by atoms with Gasteiger partial charge >= 0.3 is 0 Å². The summed E-state index contributed by atoms with van der Waals surface area (Å²) in [6.07, 6.45) is 9.12. The maximum Gasteiger partial charge on any atom is 0.0259 e. The molecule has 0 amide bonds. The molecule has 66 valence electrons. The van der Waals surface area contributed by atoms with Crippen LogP contribution in [0.2, 0.25) is 0 Å². The molecule has 0 aromatic carbocycles. The number of nitrogens with two attached hydrogens (primary N) is 1. The van der Waals surface area contributed by atoms with E-state index in [1.54, 1.807) is 0 Å². The van der Waals surface area contributed by atoms with E-state index in [-0.39, 0.29) is 0 Å². The average Bonchev–Trinajstić information content (AvgIpc) is 2.33. The highest BCUT2D eigenvalue weighted by Gasteiger charge is 2.38. The van der Waals surface area contributed by atoms with Crippen LogP contribution < -0.4 is 5.73 Å². The Morgan fingerprint density at radius 3 is 2.83 bits per heavy atom. The Balaban J connectivity index is 2.34. The van der Waals surface area contributed by atoms with E-state index in [0.29, 0.717) is 17.4 Å². The van der Waals surface area contributed by atoms with Crippen molar-refractivity contribution >= 4 is 0 Å². The zero-order valence-corrected chi connectivity index (χ0v) is 7.88. The summed E-state index contributed by atoms with van der Waals surface area (Å²) in [6, 6.07) is 0.333. The van der Waals surface area contributed by atoms with Crippen molar-refractivity contribution in [1.29, 1.82) is 0 Å². The molecule has 0 heterocycles. The zero-order valence-electron chi connectivity index (χ0n) is 7.88. The first-order valence-corrected chi connectivity index (χ1v) is 4.76. The molecule has 0 bridgehead atoms. The van der Waals surface area contributed by atoms with Crippen LogP contribution in [0.5, 0.6) is 0 Å². The summed E-state index contributed by atoms with van der Waals surface area (Å²) in [7, 11) is 0. The van der Waals surface area contributed by atoms with E-state index in [0.717, 1.165) is 0 Å². The van der Waals surface area contributed by atoms with Crippen molar-refractivity contribution in [3.63, 3.8) is 0 Å². The van der Waals surface area contributed by atoms with E-state index in [9.17, 15) is 0 Å². The third kappa shape index (κ3) is 1.04. The Kier molecular flexibility index (Phi) is 1.65. The fourth-order valence-electron chi connectivity index (χ4n) is 2.50. The van der Waals surface area contributed by atoms with Crippen molar-refractivity contribution in [3.8, 4) is 0 Å². The van der Waals surface area contributed by atoms with Crippen LogP contribution in [0, 0.1) is 11.3 Å². The summed E-state index contributed by atoms with van der Waals surface area (Å²) >= 11 is 0. The molecule has 2 rings (SSSR count). The lowest BCUT2D eigenvalue weighted by Crippen LogP contribution is -2.27. The molecule has 1 fully saturated rings. The Hall–Kier alpha value is -0.560. The second kappa shape index (κ2) is 2.46. The van der Waals surface area contributed by atoms with Crippen molar-refractivity contribution in [2.75, 3.05) is 0 Å². The first kappa shape index (κ1) is 8.06. The van der Waals surface area contributed by atoms with E-state index in [1.807, 2.05) is 0 Å². The Labute approximate surface area is 74.3 Å². The van der Waals surface area contributed by atoms with Gasteiger partial charge in [0.1, 0.15) is 0 Å². The normalized spacial score (nSPS) is 37.8.